The summed E-state index contributed by atoms with van der Waals surface area (Å²) in [5, 5.41) is 3.05. The van der Waals surface area contributed by atoms with E-state index in [9.17, 15) is 18.0 Å². The molecule has 0 spiro atoms. The number of amides is 2. The molecule has 2 N–H and O–H groups in total. The lowest BCUT2D eigenvalue weighted by Crippen LogP contribution is -2.33. The summed E-state index contributed by atoms with van der Waals surface area (Å²) in [4.78, 5) is 25.0. The van der Waals surface area contributed by atoms with E-state index in [0.29, 0.717) is 31.0 Å². The van der Waals surface area contributed by atoms with Crippen molar-refractivity contribution >= 4 is 33.4 Å². The zero-order valence-electron chi connectivity index (χ0n) is 13.8. The van der Waals surface area contributed by atoms with Gasteiger partial charge in [0.1, 0.15) is 0 Å². The lowest BCUT2D eigenvalue weighted by molar-refractivity contribution is -0.127. The predicted molar refractivity (Wildman–Crippen MR) is 94.7 cm³/mol. The van der Waals surface area contributed by atoms with Crippen LogP contribution in [0, 0.1) is 0 Å². The zero-order chi connectivity index (χ0) is 18.3. The minimum absolute atomic E-state index is 0.00525. The molecule has 1 fully saturated rings. The molecule has 25 heavy (non-hydrogen) atoms. The van der Waals surface area contributed by atoms with Crippen molar-refractivity contribution in [2.45, 2.75) is 30.6 Å². The topological polar surface area (TPSA) is 95.6 Å². The van der Waals surface area contributed by atoms with Gasteiger partial charge in [0.15, 0.2) is 0 Å². The van der Waals surface area contributed by atoms with E-state index >= 15 is 0 Å². The van der Waals surface area contributed by atoms with Gasteiger partial charge in [0.2, 0.25) is 21.8 Å². The van der Waals surface area contributed by atoms with Gasteiger partial charge in [0.05, 0.1) is 4.90 Å². The van der Waals surface area contributed by atoms with Crippen LogP contribution in [0.1, 0.15) is 25.7 Å². The van der Waals surface area contributed by atoms with E-state index in [1.54, 1.807) is 17.0 Å². The molecule has 1 aromatic rings. The molecule has 2 amide bonds. The highest BCUT2D eigenvalue weighted by molar-refractivity contribution is 7.89. The average Bonchev–Trinajstić information content (AvgIpc) is 2.96. The highest BCUT2D eigenvalue weighted by Gasteiger charge is 2.19. The Balaban J connectivity index is 1.64. The van der Waals surface area contributed by atoms with Crippen molar-refractivity contribution in [2.24, 2.45) is 0 Å². The van der Waals surface area contributed by atoms with E-state index in [0.717, 1.165) is 13.0 Å². The van der Waals surface area contributed by atoms with Crippen LogP contribution in [0.25, 0.3) is 0 Å². The summed E-state index contributed by atoms with van der Waals surface area (Å²) in [5.74, 6) is -0.0664. The van der Waals surface area contributed by atoms with Gasteiger partial charge in [0.25, 0.3) is 0 Å². The normalized spacial score (nSPS) is 14.8. The molecule has 9 heteroatoms. The Morgan fingerprint density at radius 2 is 2.08 bits per heavy atom. The van der Waals surface area contributed by atoms with Crippen molar-refractivity contribution in [3.05, 3.63) is 29.3 Å². The van der Waals surface area contributed by atoms with Crippen LogP contribution in [-0.4, -0.2) is 51.3 Å². The molecule has 1 aliphatic rings. The predicted octanol–water partition coefficient (Wildman–Crippen LogP) is 1.14. The molecule has 0 atom stereocenters. The van der Waals surface area contributed by atoms with Gasteiger partial charge in [-0.3, -0.25) is 9.59 Å². The van der Waals surface area contributed by atoms with E-state index < -0.39 is 10.0 Å². The summed E-state index contributed by atoms with van der Waals surface area (Å²) in [5.41, 5.74) is 0. The minimum atomic E-state index is -3.68. The van der Waals surface area contributed by atoms with Gasteiger partial charge in [0, 0.05) is 44.0 Å². The fraction of sp³-hybridized carbons (Fsp3) is 0.500. The summed E-state index contributed by atoms with van der Waals surface area (Å²) in [6.45, 7) is 1.90. The van der Waals surface area contributed by atoms with Crippen LogP contribution in [0.5, 0.6) is 0 Å². The first-order valence-corrected chi connectivity index (χ1v) is 10.0. The molecule has 7 nitrogen and oxygen atoms in total. The number of sulfonamides is 1. The van der Waals surface area contributed by atoms with Crippen LogP contribution in [0.2, 0.25) is 5.02 Å². The van der Waals surface area contributed by atoms with Gasteiger partial charge in [-0.25, -0.2) is 13.1 Å². The monoisotopic (exact) mass is 387 g/mol. The third-order valence-corrected chi connectivity index (χ3v) is 5.54. The van der Waals surface area contributed by atoms with Gasteiger partial charge in [-0.15, -0.1) is 0 Å². The van der Waals surface area contributed by atoms with Crippen LogP contribution in [0.15, 0.2) is 29.2 Å². The Morgan fingerprint density at radius 3 is 2.76 bits per heavy atom. The van der Waals surface area contributed by atoms with Crippen molar-refractivity contribution < 1.29 is 18.0 Å². The van der Waals surface area contributed by atoms with Crippen molar-refractivity contribution in [2.75, 3.05) is 26.2 Å². The number of likely N-dealkylation sites (tertiary alicyclic amines) is 1. The Bertz CT molecular complexity index is 724. The Labute approximate surface area is 152 Å². The van der Waals surface area contributed by atoms with E-state index in [2.05, 4.69) is 10.0 Å². The second-order valence-corrected chi connectivity index (χ2v) is 8.00. The van der Waals surface area contributed by atoms with Gasteiger partial charge in [-0.2, -0.15) is 0 Å². The quantitative estimate of drug-likeness (QED) is 0.621. The summed E-state index contributed by atoms with van der Waals surface area (Å²) >= 11 is 5.78. The average molecular weight is 388 g/mol. The molecule has 0 aromatic heterocycles. The molecule has 0 saturated carbocycles. The molecule has 1 aromatic carbocycles. The van der Waals surface area contributed by atoms with Gasteiger partial charge < -0.3 is 10.2 Å². The summed E-state index contributed by atoms with van der Waals surface area (Å²) in [6, 6.07) is 5.93. The number of nitrogens with one attached hydrogen (secondary N) is 2. The Morgan fingerprint density at radius 1 is 1.28 bits per heavy atom. The number of halogens is 1. The van der Waals surface area contributed by atoms with Crippen LogP contribution >= 0.6 is 11.6 Å². The molecule has 1 aliphatic heterocycles. The molecular formula is C16H22ClN3O4S. The molecule has 0 aliphatic carbocycles. The van der Waals surface area contributed by atoms with Crippen LogP contribution in [0.3, 0.4) is 0 Å². The van der Waals surface area contributed by atoms with Crippen molar-refractivity contribution in [1.82, 2.24) is 14.9 Å². The fourth-order valence-electron chi connectivity index (χ4n) is 2.54. The first-order chi connectivity index (χ1) is 11.9. The number of nitrogens with zero attached hydrogens (tertiary/aromatic N) is 1. The fourth-order valence-corrected chi connectivity index (χ4v) is 3.88. The maximum absolute atomic E-state index is 12.1. The Hall–Kier alpha value is -1.64. The highest BCUT2D eigenvalue weighted by Crippen LogP contribution is 2.15. The minimum Gasteiger partial charge on any atom is -0.356 e. The number of hydrogen-bond acceptors (Lipinski definition) is 4. The smallest absolute Gasteiger partial charge is 0.240 e. The van der Waals surface area contributed by atoms with Gasteiger partial charge in [-0.1, -0.05) is 17.7 Å². The summed E-state index contributed by atoms with van der Waals surface area (Å²) < 4.78 is 26.5. The first kappa shape index (κ1) is 19.7. The van der Waals surface area contributed by atoms with E-state index in [1.165, 1.54) is 12.1 Å². The zero-order valence-corrected chi connectivity index (χ0v) is 15.4. The van der Waals surface area contributed by atoms with Crippen LogP contribution < -0.4 is 10.0 Å². The van der Waals surface area contributed by atoms with E-state index in [1.807, 2.05) is 0 Å². The van der Waals surface area contributed by atoms with Crippen LogP contribution in [-0.2, 0) is 19.6 Å². The molecule has 2 rings (SSSR count). The summed E-state index contributed by atoms with van der Waals surface area (Å²) in [7, 11) is -3.68. The maximum Gasteiger partial charge on any atom is 0.240 e. The first-order valence-electron chi connectivity index (χ1n) is 8.18. The maximum atomic E-state index is 12.1. The molecular weight excluding hydrogens is 366 g/mol. The SMILES string of the molecule is O=C(CCNS(=O)(=O)c1cccc(Cl)c1)NCCCN1CCCC1=O. The second kappa shape index (κ2) is 9.17. The van der Waals surface area contributed by atoms with Crippen LogP contribution in [0.4, 0.5) is 0 Å². The standard InChI is InChI=1S/C16H22ClN3O4S/c17-13-4-1-5-14(12-13)25(23,24)19-9-7-15(21)18-8-3-11-20-10-2-6-16(20)22/h1,4-5,12,19H,2-3,6-11H2,(H,18,21). The molecule has 0 bridgehead atoms. The summed E-state index contributed by atoms with van der Waals surface area (Å²) in [6.07, 6.45) is 2.24. The second-order valence-electron chi connectivity index (χ2n) is 5.79. The number of benzene rings is 1. The molecule has 1 heterocycles. The molecule has 0 unspecified atom stereocenters. The lowest BCUT2D eigenvalue weighted by Gasteiger charge is -2.15. The van der Waals surface area contributed by atoms with Gasteiger partial charge in [-0.05, 0) is 31.0 Å². The van der Waals surface area contributed by atoms with Crippen molar-refractivity contribution in [3.8, 4) is 0 Å². The largest absolute Gasteiger partial charge is 0.356 e. The molecule has 138 valence electrons. The third-order valence-electron chi connectivity index (χ3n) is 3.85. The third kappa shape index (κ3) is 6.30. The van der Waals surface area contributed by atoms with Crippen molar-refractivity contribution in [3.63, 3.8) is 0 Å². The molecule has 0 radical (unpaired) electrons. The number of hydrogen-bond donors (Lipinski definition) is 2. The highest BCUT2D eigenvalue weighted by atomic mass is 35.5. The van der Waals surface area contributed by atoms with E-state index in [4.69, 9.17) is 11.6 Å². The number of rotatable bonds is 9. The lowest BCUT2D eigenvalue weighted by atomic mass is 10.3. The Kier molecular flexibility index (Phi) is 7.22. The van der Waals surface area contributed by atoms with E-state index in [-0.39, 0.29) is 29.7 Å². The van der Waals surface area contributed by atoms with Crippen molar-refractivity contribution in [1.29, 1.82) is 0 Å². The van der Waals surface area contributed by atoms with Gasteiger partial charge >= 0.3 is 0 Å². The molecule has 1 saturated heterocycles. The number of carbonyl (C=O) groups is 2. The number of carbonyl (C=O) groups excluding carboxylic acids is 2.